The Balaban J connectivity index is 1.87. The number of nitrogens with zero attached hydrogens (tertiary/aromatic N) is 1. The largest absolute Gasteiger partial charge is 0.387 e. The van der Waals surface area contributed by atoms with Crippen molar-refractivity contribution in [2.24, 2.45) is 16.1 Å². The second kappa shape index (κ2) is 6.33. The Hall–Kier alpha value is -0.770. The fraction of sp³-hybridized carbons (Fsp3) is 0.938. The summed E-state index contributed by atoms with van der Waals surface area (Å²) in [5, 5.41) is 14.1. The number of rotatable bonds is 3. The van der Waals surface area contributed by atoms with Crippen LogP contribution in [0.15, 0.2) is 4.99 Å². The molecule has 2 saturated carbocycles. The zero-order chi connectivity index (χ0) is 14.6. The topological polar surface area (TPSA) is 70.6 Å². The van der Waals surface area contributed by atoms with Crippen molar-refractivity contribution in [2.45, 2.75) is 83.3 Å². The molecular weight excluding hydrogens is 250 g/mol. The maximum atomic E-state index is 10.7. The van der Waals surface area contributed by atoms with Crippen LogP contribution in [-0.4, -0.2) is 29.3 Å². The predicted octanol–water partition coefficient (Wildman–Crippen LogP) is 2.55. The molecule has 0 aromatic heterocycles. The minimum absolute atomic E-state index is 0.0564. The summed E-state index contributed by atoms with van der Waals surface area (Å²) < 4.78 is 0. The van der Waals surface area contributed by atoms with E-state index in [1.54, 1.807) is 0 Å². The Morgan fingerprint density at radius 3 is 2.35 bits per heavy atom. The van der Waals surface area contributed by atoms with Gasteiger partial charge in [0, 0.05) is 6.04 Å². The molecular formula is C16H31N3O. The van der Waals surface area contributed by atoms with Gasteiger partial charge in [0.1, 0.15) is 0 Å². The lowest BCUT2D eigenvalue weighted by atomic mass is 9.78. The van der Waals surface area contributed by atoms with E-state index < -0.39 is 5.60 Å². The summed E-state index contributed by atoms with van der Waals surface area (Å²) >= 11 is 0. The van der Waals surface area contributed by atoms with E-state index in [9.17, 15) is 5.11 Å². The average Bonchev–Trinajstić information content (AvgIpc) is 2.59. The van der Waals surface area contributed by atoms with Crippen LogP contribution in [0.1, 0.15) is 71.6 Å². The third-order valence-electron chi connectivity index (χ3n) is 5.37. The molecule has 1 atom stereocenters. The van der Waals surface area contributed by atoms with Crippen LogP contribution in [0, 0.1) is 5.41 Å². The summed E-state index contributed by atoms with van der Waals surface area (Å²) in [5.41, 5.74) is 5.26. The van der Waals surface area contributed by atoms with Gasteiger partial charge >= 0.3 is 0 Å². The van der Waals surface area contributed by atoms with E-state index in [0.29, 0.717) is 18.5 Å². The van der Waals surface area contributed by atoms with Crippen molar-refractivity contribution < 1.29 is 5.11 Å². The summed E-state index contributed by atoms with van der Waals surface area (Å²) in [6.07, 6.45) is 10.6. The smallest absolute Gasteiger partial charge is 0.188 e. The summed E-state index contributed by atoms with van der Waals surface area (Å²) in [6, 6.07) is 0.465. The minimum Gasteiger partial charge on any atom is -0.387 e. The molecule has 0 aromatic rings. The summed E-state index contributed by atoms with van der Waals surface area (Å²) in [6.45, 7) is 4.68. The van der Waals surface area contributed by atoms with Crippen LogP contribution in [0.5, 0.6) is 0 Å². The third-order valence-corrected chi connectivity index (χ3v) is 5.37. The molecule has 1 unspecified atom stereocenters. The Morgan fingerprint density at radius 2 is 1.80 bits per heavy atom. The summed E-state index contributed by atoms with van der Waals surface area (Å²) in [7, 11) is 0. The molecule has 0 radical (unpaired) electrons. The molecule has 2 rings (SSSR count). The summed E-state index contributed by atoms with van der Waals surface area (Å²) in [5.74, 6) is 0.507. The lowest BCUT2D eigenvalue weighted by Gasteiger charge is -2.35. The average molecular weight is 281 g/mol. The molecule has 0 spiro atoms. The molecule has 20 heavy (non-hydrogen) atoms. The second-order valence-corrected chi connectivity index (χ2v) is 7.30. The van der Waals surface area contributed by atoms with Crippen molar-refractivity contribution >= 4 is 5.96 Å². The van der Waals surface area contributed by atoms with Gasteiger partial charge < -0.3 is 16.2 Å². The first-order chi connectivity index (χ1) is 9.43. The van der Waals surface area contributed by atoms with Crippen molar-refractivity contribution in [3.05, 3.63) is 0 Å². The number of nitrogens with two attached hydrogens (primary N) is 1. The van der Waals surface area contributed by atoms with E-state index in [-0.39, 0.29) is 5.41 Å². The van der Waals surface area contributed by atoms with Crippen LogP contribution in [-0.2, 0) is 0 Å². The highest BCUT2D eigenvalue weighted by atomic mass is 16.3. The Kier molecular flexibility index (Phi) is 4.95. The van der Waals surface area contributed by atoms with E-state index in [4.69, 9.17) is 5.73 Å². The summed E-state index contributed by atoms with van der Waals surface area (Å²) in [4.78, 5) is 4.43. The van der Waals surface area contributed by atoms with Crippen LogP contribution in [0.25, 0.3) is 0 Å². The zero-order valence-corrected chi connectivity index (χ0v) is 13.1. The van der Waals surface area contributed by atoms with Gasteiger partial charge in [-0.1, -0.05) is 39.5 Å². The quantitative estimate of drug-likeness (QED) is 0.423. The van der Waals surface area contributed by atoms with Crippen LogP contribution in [0.2, 0.25) is 0 Å². The van der Waals surface area contributed by atoms with Gasteiger partial charge in [-0.05, 0) is 37.5 Å². The SMILES string of the molecule is CC1(C)CCCC1(O)CN=C(N)NC1CCCCCC1. The molecule has 0 bridgehead atoms. The van der Waals surface area contributed by atoms with Gasteiger partial charge in [-0.15, -0.1) is 0 Å². The second-order valence-electron chi connectivity index (χ2n) is 7.30. The van der Waals surface area contributed by atoms with Crippen LogP contribution in [0.4, 0.5) is 0 Å². The highest BCUT2D eigenvalue weighted by Crippen LogP contribution is 2.45. The van der Waals surface area contributed by atoms with Gasteiger partial charge in [-0.3, -0.25) is 4.99 Å². The lowest BCUT2D eigenvalue weighted by molar-refractivity contribution is -0.0335. The van der Waals surface area contributed by atoms with Crippen LogP contribution >= 0.6 is 0 Å². The fourth-order valence-electron chi connectivity index (χ4n) is 3.58. The number of aliphatic imine (C=N–C) groups is 1. The molecule has 4 N–H and O–H groups in total. The molecule has 0 heterocycles. The van der Waals surface area contributed by atoms with E-state index in [1.807, 2.05) is 0 Å². The standard InChI is InChI=1S/C16H31N3O/c1-15(2)10-7-11-16(15,20)12-18-14(17)19-13-8-5-3-4-6-9-13/h13,20H,3-12H2,1-2H3,(H3,17,18,19). The van der Waals surface area contributed by atoms with E-state index in [1.165, 1.54) is 38.5 Å². The molecule has 4 heteroatoms. The fourth-order valence-corrected chi connectivity index (χ4v) is 3.58. The first-order valence-electron chi connectivity index (χ1n) is 8.22. The van der Waals surface area contributed by atoms with Crippen molar-refractivity contribution in [3.63, 3.8) is 0 Å². The normalized spacial score (nSPS) is 32.0. The van der Waals surface area contributed by atoms with Crippen molar-refractivity contribution in [3.8, 4) is 0 Å². The molecule has 0 saturated heterocycles. The van der Waals surface area contributed by atoms with E-state index >= 15 is 0 Å². The first kappa shape index (κ1) is 15.6. The van der Waals surface area contributed by atoms with Gasteiger partial charge in [0.15, 0.2) is 5.96 Å². The zero-order valence-electron chi connectivity index (χ0n) is 13.1. The van der Waals surface area contributed by atoms with Gasteiger partial charge in [0.2, 0.25) is 0 Å². The van der Waals surface area contributed by atoms with Gasteiger partial charge in [-0.2, -0.15) is 0 Å². The molecule has 0 aromatic carbocycles. The molecule has 4 nitrogen and oxygen atoms in total. The third kappa shape index (κ3) is 3.66. The number of aliphatic hydroxyl groups is 1. The van der Waals surface area contributed by atoms with Crippen LogP contribution in [0.3, 0.4) is 0 Å². The highest BCUT2D eigenvalue weighted by molar-refractivity contribution is 5.78. The van der Waals surface area contributed by atoms with Crippen LogP contribution < -0.4 is 11.1 Å². The number of hydrogen-bond donors (Lipinski definition) is 3. The number of nitrogens with one attached hydrogen (secondary N) is 1. The minimum atomic E-state index is -0.692. The molecule has 2 aliphatic rings. The Labute approximate surface area is 123 Å². The van der Waals surface area contributed by atoms with E-state index in [2.05, 4.69) is 24.2 Å². The van der Waals surface area contributed by atoms with Crippen molar-refractivity contribution in [1.82, 2.24) is 5.32 Å². The predicted molar refractivity (Wildman–Crippen MR) is 83.7 cm³/mol. The first-order valence-corrected chi connectivity index (χ1v) is 8.22. The maximum absolute atomic E-state index is 10.7. The number of hydrogen-bond acceptors (Lipinski definition) is 2. The highest BCUT2D eigenvalue weighted by Gasteiger charge is 2.47. The molecule has 0 amide bonds. The number of guanidine groups is 1. The van der Waals surface area contributed by atoms with Crippen molar-refractivity contribution in [1.29, 1.82) is 0 Å². The monoisotopic (exact) mass is 281 g/mol. The van der Waals surface area contributed by atoms with Gasteiger partial charge in [-0.25, -0.2) is 0 Å². The Morgan fingerprint density at radius 1 is 1.15 bits per heavy atom. The molecule has 0 aliphatic heterocycles. The van der Waals surface area contributed by atoms with Gasteiger partial charge in [0.25, 0.3) is 0 Å². The lowest BCUT2D eigenvalue weighted by Crippen LogP contribution is -2.45. The maximum Gasteiger partial charge on any atom is 0.188 e. The van der Waals surface area contributed by atoms with Gasteiger partial charge in [0.05, 0.1) is 12.1 Å². The Bertz CT molecular complexity index is 346. The molecule has 2 aliphatic carbocycles. The molecule has 116 valence electrons. The van der Waals surface area contributed by atoms with E-state index in [0.717, 1.165) is 19.3 Å². The van der Waals surface area contributed by atoms with Crippen molar-refractivity contribution in [2.75, 3.05) is 6.54 Å². The molecule has 2 fully saturated rings.